The highest BCUT2D eigenvalue weighted by molar-refractivity contribution is 7.87. The molecule has 2 heterocycles. The van der Waals surface area contributed by atoms with Crippen LogP contribution >= 0.6 is 11.6 Å². The summed E-state index contributed by atoms with van der Waals surface area (Å²) < 4.78 is 36.0. The summed E-state index contributed by atoms with van der Waals surface area (Å²) in [5.41, 5.74) is 3.79. The van der Waals surface area contributed by atoms with Gasteiger partial charge < -0.3 is 14.2 Å². The van der Waals surface area contributed by atoms with Gasteiger partial charge in [0.1, 0.15) is 6.61 Å². The van der Waals surface area contributed by atoms with Crippen molar-refractivity contribution < 1.29 is 36.9 Å². The second kappa shape index (κ2) is 12.8. The lowest BCUT2D eigenvalue weighted by molar-refractivity contribution is -0.138. The Hall–Kier alpha value is -3.89. The number of benzene rings is 2. The van der Waals surface area contributed by atoms with Gasteiger partial charge in [0.05, 0.1) is 19.1 Å². The van der Waals surface area contributed by atoms with Crippen LogP contribution in [0.3, 0.4) is 0 Å². The number of hydrogen-bond acceptors (Lipinski definition) is 10. The van der Waals surface area contributed by atoms with Crippen LogP contribution in [-0.4, -0.2) is 60.4 Å². The number of rotatable bonds is 9. The third kappa shape index (κ3) is 6.70. The summed E-state index contributed by atoms with van der Waals surface area (Å²) in [5.74, 6) is -3.14. The number of esters is 1. The molecule has 16 heteroatoms. The first-order valence-corrected chi connectivity index (χ1v) is 15.3. The van der Waals surface area contributed by atoms with Gasteiger partial charge in [0, 0.05) is 22.7 Å². The smallest absolute Gasteiger partial charge is 0.397 e. The first kappa shape index (κ1) is 30.6. The number of nitrogens with zero attached hydrogens (tertiary/aromatic N) is 3. The Morgan fingerprint density at radius 3 is 2.58 bits per heavy atom. The second-order valence-corrected chi connectivity index (χ2v) is 11.9. The minimum atomic E-state index is -4.09. The number of carbonyl (C=O) groups excluding carboxylic acids is 3. The number of fused-ring (bicyclic) bond motifs is 1. The maximum atomic E-state index is 14.2. The first-order chi connectivity index (χ1) is 20.6. The van der Waals surface area contributed by atoms with Crippen LogP contribution in [0, 0.1) is 0 Å². The molecule has 1 aromatic heterocycles. The van der Waals surface area contributed by atoms with Crippen LogP contribution in [0.15, 0.2) is 53.1 Å². The number of nitrogens with two attached hydrogens (primary N) is 1. The molecule has 2 amide bonds. The molecule has 0 saturated heterocycles. The van der Waals surface area contributed by atoms with E-state index < -0.39 is 46.1 Å². The topological polar surface area (TPSA) is 196 Å². The van der Waals surface area contributed by atoms with E-state index in [1.165, 1.54) is 0 Å². The second-order valence-electron chi connectivity index (χ2n) is 10.2. The molecule has 0 spiro atoms. The maximum Gasteiger partial charge on any atom is 0.397 e. The van der Waals surface area contributed by atoms with E-state index in [1.54, 1.807) is 53.4 Å². The lowest BCUT2D eigenvalue weighted by atomic mass is 9.76. The van der Waals surface area contributed by atoms with Crippen molar-refractivity contribution in [3.63, 3.8) is 0 Å². The van der Waals surface area contributed by atoms with Crippen LogP contribution in [0.5, 0.6) is 0 Å². The minimum absolute atomic E-state index is 0.0186. The monoisotopic (exact) mass is 632 g/mol. The normalized spacial score (nSPS) is 22.1. The largest absolute Gasteiger partial charge is 0.462 e. The van der Waals surface area contributed by atoms with Crippen molar-refractivity contribution in [2.45, 2.75) is 56.3 Å². The Morgan fingerprint density at radius 1 is 1.14 bits per heavy atom. The molecule has 1 aliphatic carbocycles. The number of nitrogens with one attached hydrogen (secondary N) is 2. The van der Waals surface area contributed by atoms with Crippen molar-refractivity contribution >= 4 is 39.6 Å². The van der Waals surface area contributed by atoms with Crippen molar-refractivity contribution in [2.24, 2.45) is 5.14 Å². The zero-order chi connectivity index (χ0) is 30.7. The van der Waals surface area contributed by atoms with Gasteiger partial charge in [-0.3, -0.25) is 14.4 Å². The van der Waals surface area contributed by atoms with E-state index in [9.17, 15) is 22.8 Å². The maximum absolute atomic E-state index is 14.2. The Kier molecular flexibility index (Phi) is 9.08. The predicted octanol–water partition coefficient (Wildman–Crippen LogP) is 2.14. The zero-order valence-electron chi connectivity index (χ0n) is 22.9. The summed E-state index contributed by atoms with van der Waals surface area (Å²) in [5, 5.41) is 9.44. The molecule has 2 aliphatic rings. The number of aromatic nitrogens is 2. The molecular weight excluding hydrogens is 604 g/mol. The highest BCUT2D eigenvalue weighted by atomic mass is 35.5. The van der Waals surface area contributed by atoms with Crippen LogP contribution in [0.25, 0.3) is 0 Å². The molecule has 14 nitrogen and oxygen atoms in total. The zero-order valence-corrected chi connectivity index (χ0v) is 24.5. The van der Waals surface area contributed by atoms with Crippen molar-refractivity contribution in [3.05, 3.63) is 82.0 Å². The van der Waals surface area contributed by atoms with Crippen molar-refractivity contribution in [2.75, 3.05) is 7.11 Å². The number of halogens is 1. The molecule has 3 aromatic rings. The van der Waals surface area contributed by atoms with E-state index in [0.717, 1.165) is 20.0 Å². The molecular formula is C27H29ClN6O8S. The first-order valence-electron chi connectivity index (χ1n) is 13.4. The van der Waals surface area contributed by atoms with Crippen LogP contribution in [0.1, 0.15) is 75.6 Å². The van der Waals surface area contributed by atoms with Gasteiger partial charge in [-0.25, -0.2) is 15.4 Å². The van der Waals surface area contributed by atoms with E-state index in [0.29, 0.717) is 34.6 Å². The fraction of sp³-hybridized carbons (Fsp3) is 0.370. The highest BCUT2D eigenvalue weighted by Gasteiger charge is 2.49. The molecule has 4 N–H and O–H groups in total. The molecule has 228 valence electrons. The van der Waals surface area contributed by atoms with Gasteiger partial charge in [0.25, 0.3) is 22.0 Å². The van der Waals surface area contributed by atoms with E-state index in [-0.39, 0.29) is 24.2 Å². The summed E-state index contributed by atoms with van der Waals surface area (Å²) in [6, 6.07) is 11.3. The Morgan fingerprint density at radius 2 is 1.86 bits per heavy atom. The molecule has 0 bridgehead atoms. The number of hydroxylamine groups is 1. The van der Waals surface area contributed by atoms with E-state index in [2.05, 4.69) is 25.1 Å². The molecule has 0 unspecified atom stereocenters. The fourth-order valence-electron chi connectivity index (χ4n) is 5.72. The van der Waals surface area contributed by atoms with Gasteiger partial charge >= 0.3 is 11.9 Å². The molecule has 1 saturated carbocycles. The number of amides is 2. The SMILES string of the molecule is COC(=O)c1nc(CONC(=O)[C@@H]2c3ccccc3C(=O)N([C@H]3CCCC[C@@H]3NS(N)(=O)=O)[C@H]2c2ccc(Cl)cc2)no1. The quantitative estimate of drug-likeness (QED) is 0.232. The average molecular weight is 633 g/mol. The average Bonchev–Trinajstić information content (AvgIpc) is 3.46. The third-order valence-corrected chi connectivity index (χ3v) is 8.36. The lowest BCUT2D eigenvalue weighted by Gasteiger charge is -2.49. The number of ether oxygens (including phenoxy) is 1. The number of carbonyl (C=O) groups is 3. The van der Waals surface area contributed by atoms with Crippen molar-refractivity contribution in [3.8, 4) is 0 Å². The Bertz CT molecular complexity index is 1620. The van der Waals surface area contributed by atoms with Gasteiger partial charge in [-0.1, -0.05) is 59.9 Å². The molecule has 0 radical (unpaired) electrons. The fourth-order valence-corrected chi connectivity index (χ4v) is 6.55. The van der Waals surface area contributed by atoms with Crippen LogP contribution in [0.4, 0.5) is 0 Å². The van der Waals surface area contributed by atoms with Gasteiger partial charge in [0.2, 0.25) is 5.82 Å². The van der Waals surface area contributed by atoms with Crippen LogP contribution < -0.4 is 15.3 Å². The molecule has 1 fully saturated rings. The summed E-state index contributed by atoms with van der Waals surface area (Å²) in [6.45, 7) is -0.335. The molecule has 4 atom stereocenters. The Labute approximate surface area is 252 Å². The van der Waals surface area contributed by atoms with Crippen molar-refractivity contribution in [1.29, 1.82) is 0 Å². The summed E-state index contributed by atoms with van der Waals surface area (Å²) in [4.78, 5) is 50.6. The van der Waals surface area contributed by atoms with Crippen LogP contribution in [0.2, 0.25) is 5.02 Å². The number of methoxy groups -OCH3 is 1. The third-order valence-electron chi connectivity index (χ3n) is 7.47. The van der Waals surface area contributed by atoms with Gasteiger partial charge in [-0.2, -0.15) is 18.1 Å². The molecule has 43 heavy (non-hydrogen) atoms. The molecule has 1 aliphatic heterocycles. The standard InChI is InChI=1S/C27H29ClN6O8S/c1-40-27(37)25-30-21(31-42-25)14-41-32-24(35)22-17-6-2-3-7-18(17)26(36)34(23(22)15-10-12-16(28)13-11-15)20-9-5-4-8-19(20)33-43(29,38)39/h2-3,6-7,10-13,19-20,22-23,33H,4-5,8-9,14H2,1H3,(H,32,35)(H2,29,38,39)/t19-,20-,22+,23-/m0/s1. The van der Waals surface area contributed by atoms with E-state index >= 15 is 0 Å². The molecule has 5 rings (SSSR count). The summed E-state index contributed by atoms with van der Waals surface area (Å²) in [7, 11) is -2.92. The van der Waals surface area contributed by atoms with E-state index in [4.69, 9.17) is 26.1 Å². The van der Waals surface area contributed by atoms with Gasteiger partial charge in [-0.05, 0) is 42.2 Å². The minimum Gasteiger partial charge on any atom is -0.462 e. The van der Waals surface area contributed by atoms with E-state index in [1.807, 2.05) is 0 Å². The van der Waals surface area contributed by atoms with Gasteiger partial charge in [0.15, 0.2) is 0 Å². The van der Waals surface area contributed by atoms with Gasteiger partial charge in [-0.15, -0.1) is 0 Å². The highest BCUT2D eigenvalue weighted by Crippen LogP contribution is 2.46. The lowest BCUT2D eigenvalue weighted by Crippen LogP contribution is -2.59. The summed E-state index contributed by atoms with van der Waals surface area (Å²) in [6.07, 6.45) is 2.42. The molecule has 2 aromatic carbocycles. The number of hydrogen-bond donors (Lipinski definition) is 3. The summed E-state index contributed by atoms with van der Waals surface area (Å²) >= 11 is 6.18. The Balaban J connectivity index is 1.52. The van der Waals surface area contributed by atoms with Crippen LogP contribution in [-0.2, 0) is 31.2 Å². The van der Waals surface area contributed by atoms with Crippen molar-refractivity contribution in [1.82, 2.24) is 25.2 Å². The predicted molar refractivity (Wildman–Crippen MR) is 150 cm³/mol.